The fraction of sp³-hybridized carbons (Fsp3) is 0.944. The number of hydrogen-bond acceptors (Lipinski definition) is 2. The van der Waals surface area contributed by atoms with E-state index >= 15 is 0 Å². The van der Waals surface area contributed by atoms with Crippen LogP contribution in [0.5, 0.6) is 0 Å². The summed E-state index contributed by atoms with van der Waals surface area (Å²) < 4.78 is 0. The quantitative estimate of drug-likeness (QED) is 0.0848. The zero-order valence-corrected chi connectivity index (χ0v) is 26.8. The normalized spacial score (nSPS) is 15.3. The van der Waals surface area contributed by atoms with E-state index < -0.39 is 0 Å². The van der Waals surface area contributed by atoms with Gasteiger partial charge in [-0.25, -0.2) is 0 Å². The van der Waals surface area contributed by atoms with E-state index in [9.17, 15) is 0 Å². The maximum absolute atomic E-state index is 2.70. The molecule has 0 saturated heterocycles. The van der Waals surface area contributed by atoms with Crippen LogP contribution in [0.1, 0.15) is 201 Å². The Hall–Kier alpha value is -0.660. The summed E-state index contributed by atoms with van der Waals surface area (Å²) in [5, 5.41) is 0. The summed E-state index contributed by atoms with van der Waals surface area (Å²) >= 11 is 0. The molecule has 1 rings (SSSR count). The van der Waals surface area contributed by atoms with Crippen molar-refractivity contribution in [1.29, 1.82) is 0 Å². The summed E-state index contributed by atoms with van der Waals surface area (Å²) in [6.45, 7) is 9.46. The molecule has 0 fully saturated rings. The van der Waals surface area contributed by atoms with Crippen LogP contribution in [0, 0.1) is 0 Å². The van der Waals surface area contributed by atoms with Crippen LogP contribution in [0.15, 0.2) is 12.4 Å². The lowest BCUT2D eigenvalue weighted by molar-refractivity contribution is 0.135. The van der Waals surface area contributed by atoms with Gasteiger partial charge in [-0.05, 0) is 25.7 Å². The predicted octanol–water partition coefficient (Wildman–Crippen LogP) is 12.4. The molecule has 38 heavy (non-hydrogen) atoms. The lowest BCUT2D eigenvalue weighted by Gasteiger charge is -2.33. The Kier molecular flexibility index (Phi) is 26.0. The molecular formula is C36H72N2. The monoisotopic (exact) mass is 533 g/mol. The highest BCUT2D eigenvalue weighted by molar-refractivity contribution is 4.97. The highest BCUT2D eigenvalue weighted by atomic mass is 15.4. The van der Waals surface area contributed by atoms with Crippen LogP contribution in [-0.4, -0.2) is 29.1 Å². The van der Waals surface area contributed by atoms with E-state index in [4.69, 9.17) is 0 Å². The molecule has 0 N–H and O–H groups in total. The van der Waals surface area contributed by atoms with Crippen molar-refractivity contribution in [3.05, 3.63) is 12.4 Å². The Morgan fingerprint density at radius 3 is 0.947 bits per heavy atom. The van der Waals surface area contributed by atoms with Gasteiger partial charge in [0.25, 0.3) is 0 Å². The van der Waals surface area contributed by atoms with Crippen LogP contribution in [0.4, 0.5) is 0 Å². The summed E-state index contributed by atoms with van der Waals surface area (Å²) in [6.07, 6.45) is 45.5. The molecule has 0 bridgehead atoms. The molecule has 0 aromatic rings. The van der Waals surface area contributed by atoms with Crippen molar-refractivity contribution < 1.29 is 0 Å². The fourth-order valence-electron chi connectivity index (χ4n) is 6.19. The first-order valence-electron chi connectivity index (χ1n) is 18.0. The molecule has 0 amide bonds. The molecule has 0 aliphatic carbocycles. The van der Waals surface area contributed by atoms with Gasteiger partial charge in [0.1, 0.15) is 6.17 Å². The molecule has 0 aromatic carbocycles. The van der Waals surface area contributed by atoms with E-state index in [0.717, 1.165) is 0 Å². The van der Waals surface area contributed by atoms with E-state index in [0.29, 0.717) is 6.17 Å². The van der Waals surface area contributed by atoms with Crippen molar-refractivity contribution in [2.75, 3.05) is 13.1 Å². The maximum atomic E-state index is 2.70. The second-order valence-electron chi connectivity index (χ2n) is 12.5. The zero-order valence-electron chi connectivity index (χ0n) is 26.8. The summed E-state index contributed by atoms with van der Waals surface area (Å²) in [6, 6.07) is 0. The average molecular weight is 533 g/mol. The highest BCUT2D eigenvalue weighted by Crippen LogP contribution is 2.24. The van der Waals surface area contributed by atoms with Crippen molar-refractivity contribution >= 4 is 0 Å². The molecule has 2 heteroatoms. The molecule has 0 radical (unpaired) electrons. The molecule has 0 spiro atoms. The number of unbranched alkanes of at least 4 members (excludes halogenated alkanes) is 24. The lowest BCUT2D eigenvalue weighted by atomic mass is 10.0. The van der Waals surface area contributed by atoms with Gasteiger partial charge in [0.2, 0.25) is 0 Å². The third kappa shape index (κ3) is 20.3. The summed E-state index contributed by atoms with van der Waals surface area (Å²) in [5.41, 5.74) is 0. The Balaban J connectivity index is 2.14. The molecule has 0 aromatic heterocycles. The van der Waals surface area contributed by atoms with E-state index in [1.807, 2.05) is 0 Å². The van der Waals surface area contributed by atoms with Crippen molar-refractivity contribution in [2.24, 2.45) is 0 Å². The average Bonchev–Trinajstić information content (AvgIpc) is 3.31. The van der Waals surface area contributed by atoms with E-state index in [2.05, 4.69) is 43.0 Å². The first kappa shape index (κ1) is 35.4. The molecule has 1 unspecified atom stereocenters. The molecule has 1 atom stereocenters. The van der Waals surface area contributed by atoms with Gasteiger partial charge >= 0.3 is 0 Å². The van der Waals surface area contributed by atoms with Crippen LogP contribution in [0.3, 0.4) is 0 Å². The summed E-state index contributed by atoms with van der Waals surface area (Å²) in [4.78, 5) is 5.38. The van der Waals surface area contributed by atoms with Crippen LogP contribution in [-0.2, 0) is 0 Å². The van der Waals surface area contributed by atoms with Crippen LogP contribution in [0.25, 0.3) is 0 Å². The number of rotatable bonds is 30. The molecule has 1 aliphatic heterocycles. The van der Waals surface area contributed by atoms with Gasteiger partial charge in [-0.1, -0.05) is 175 Å². The van der Waals surface area contributed by atoms with E-state index in [1.54, 1.807) is 0 Å². The first-order valence-corrected chi connectivity index (χ1v) is 18.0. The third-order valence-corrected chi connectivity index (χ3v) is 8.82. The lowest BCUT2D eigenvalue weighted by Crippen LogP contribution is -2.39. The number of nitrogens with zero attached hydrogens (tertiary/aromatic N) is 2. The van der Waals surface area contributed by atoms with Crippen molar-refractivity contribution in [3.8, 4) is 0 Å². The Morgan fingerprint density at radius 2 is 0.605 bits per heavy atom. The van der Waals surface area contributed by atoms with Gasteiger partial charge in [0.15, 0.2) is 0 Å². The molecule has 1 heterocycles. The van der Waals surface area contributed by atoms with Gasteiger partial charge in [0.05, 0.1) is 0 Å². The first-order chi connectivity index (χ1) is 18.8. The molecule has 2 nitrogen and oxygen atoms in total. The minimum Gasteiger partial charge on any atom is -0.356 e. The second kappa shape index (κ2) is 27.9. The second-order valence-corrected chi connectivity index (χ2v) is 12.5. The minimum atomic E-state index is 0.642. The maximum Gasteiger partial charge on any atom is 0.101 e. The predicted molar refractivity (Wildman–Crippen MR) is 173 cm³/mol. The topological polar surface area (TPSA) is 6.48 Å². The van der Waals surface area contributed by atoms with Gasteiger partial charge in [-0.2, -0.15) is 0 Å². The SMILES string of the molecule is CCCCCCCCCCCCCCCCC1N(CCCCCC)C=CN1CCCCCCCCCCC. The summed E-state index contributed by atoms with van der Waals surface area (Å²) in [5.74, 6) is 0. The molecular weight excluding hydrogens is 460 g/mol. The van der Waals surface area contributed by atoms with Crippen LogP contribution < -0.4 is 0 Å². The smallest absolute Gasteiger partial charge is 0.101 e. The van der Waals surface area contributed by atoms with Crippen LogP contribution in [0.2, 0.25) is 0 Å². The number of hydrogen-bond donors (Lipinski definition) is 0. The summed E-state index contributed by atoms with van der Waals surface area (Å²) in [7, 11) is 0. The Morgan fingerprint density at radius 1 is 0.342 bits per heavy atom. The van der Waals surface area contributed by atoms with Crippen molar-refractivity contribution in [2.45, 2.75) is 207 Å². The third-order valence-electron chi connectivity index (χ3n) is 8.82. The molecule has 0 saturated carbocycles. The van der Waals surface area contributed by atoms with Crippen LogP contribution >= 0.6 is 0 Å². The Bertz CT molecular complexity index is 488. The van der Waals surface area contributed by atoms with Crippen molar-refractivity contribution in [1.82, 2.24) is 9.80 Å². The van der Waals surface area contributed by atoms with Gasteiger partial charge in [-0.3, -0.25) is 0 Å². The van der Waals surface area contributed by atoms with Gasteiger partial charge in [0, 0.05) is 25.5 Å². The minimum absolute atomic E-state index is 0.642. The van der Waals surface area contributed by atoms with Crippen molar-refractivity contribution in [3.63, 3.8) is 0 Å². The van der Waals surface area contributed by atoms with Gasteiger partial charge < -0.3 is 9.80 Å². The largest absolute Gasteiger partial charge is 0.356 e. The molecule has 226 valence electrons. The van der Waals surface area contributed by atoms with E-state index in [1.165, 1.54) is 193 Å². The Labute approximate surface area is 241 Å². The zero-order chi connectivity index (χ0) is 27.4. The molecule has 1 aliphatic rings. The van der Waals surface area contributed by atoms with Gasteiger partial charge in [-0.15, -0.1) is 0 Å². The highest BCUT2D eigenvalue weighted by Gasteiger charge is 2.24. The standard InChI is InChI=1S/C36H72N2/c1-4-7-10-13-15-17-18-19-20-21-22-24-26-28-31-36-37(32-29-12-9-6-3)34-35-38(36)33-30-27-25-23-16-14-11-8-5-2/h34-36H,4-33H2,1-3H3. The van der Waals surface area contributed by atoms with E-state index in [-0.39, 0.29) is 0 Å². The fourth-order valence-corrected chi connectivity index (χ4v) is 6.19.